The van der Waals surface area contributed by atoms with Crippen molar-refractivity contribution in [2.45, 2.75) is 0 Å². The molecule has 144 valence electrons. The van der Waals surface area contributed by atoms with Gasteiger partial charge in [0.2, 0.25) is 5.88 Å². The van der Waals surface area contributed by atoms with Crippen molar-refractivity contribution in [3.63, 3.8) is 0 Å². The van der Waals surface area contributed by atoms with Gasteiger partial charge in [-0.1, -0.05) is 49.5 Å². The van der Waals surface area contributed by atoms with Crippen LogP contribution < -0.4 is 4.74 Å². The number of hydrogen-bond donors (Lipinski definition) is 0. The minimum Gasteiger partial charge on any atom is -0.475 e. The molecule has 0 saturated carbocycles. The van der Waals surface area contributed by atoms with Crippen molar-refractivity contribution >= 4 is 65.0 Å². The zero-order valence-electron chi connectivity index (χ0n) is 15.0. The maximum atomic E-state index is 5.88. The number of methoxy groups -OCH3 is 1. The Morgan fingerprint density at radius 1 is 0.821 bits per heavy atom. The third-order valence-electron chi connectivity index (χ3n) is 3.89. The fourth-order valence-electron chi connectivity index (χ4n) is 2.57. The van der Waals surface area contributed by atoms with Crippen molar-refractivity contribution in [1.29, 1.82) is 0 Å². The predicted octanol–water partition coefficient (Wildman–Crippen LogP) is 6.67. The van der Waals surface area contributed by atoms with Crippen molar-refractivity contribution in [3.8, 4) is 5.88 Å². The lowest BCUT2D eigenvalue weighted by atomic mass is 10.2. The van der Waals surface area contributed by atoms with E-state index in [-0.39, 0.29) is 0 Å². The molecule has 0 saturated heterocycles. The number of hydrogen-bond acceptors (Lipinski definition) is 4. The van der Waals surface area contributed by atoms with E-state index in [1.165, 1.54) is 0 Å². The fraction of sp³-hybridized carbons (Fsp3) is 0.143. The van der Waals surface area contributed by atoms with Crippen LogP contribution in [0.2, 0.25) is 5.15 Å². The van der Waals surface area contributed by atoms with Gasteiger partial charge in [-0.05, 0) is 53.2 Å². The van der Waals surface area contributed by atoms with Crippen LogP contribution in [0.25, 0.3) is 21.5 Å². The van der Waals surface area contributed by atoms with Crippen LogP contribution >= 0.6 is 43.5 Å². The zero-order chi connectivity index (χ0) is 19.9. The first-order chi connectivity index (χ1) is 13.6. The molecule has 0 radical (unpaired) electrons. The Hall–Kier alpha value is -1.73. The van der Waals surface area contributed by atoms with Crippen molar-refractivity contribution in [3.05, 3.63) is 75.0 Å². The largest absolute Gasteiger partial charge is 0.475 e. The first-order valence-corrected chi connectivity index (χ1v) is 10.4. The summed E-state index contributed by atoms with van der Waals surface area (Å²) < 4.78 is 12.6. The first kappa shape index (κ1) is 21.0. The van der Waals surface area contributed by atoms with Crippen LogP contribution in [0.5, 0.6) is 5.88 Å². The Morgan fingerprint density at radius 3 is 2.11 bits per heavy atom. The Morgan fingerprint density at radius 2 is 1.43 bits per heavy atom. The standard InChI is InChI=1S/C12H12BrNO2.C9H5BrClN/c1-15-6-7-16-12-11-3-2-10(13)8-9(11)4-5-14-12;10-7-1-2-8-6(5-7)3-4-12-9(8)11/h2-5,8H,6-7H2,1H3;1-5H. The van der Waals surface area contributed by atoms with Gasteiger partial charge in [-0.2, -0.15) is 0 Å². The lowest BCUT2D eigenvalue weighted by Gasteiger charge is -2.07. The smallest absolute Gasteiger partial charge is 0.221 e. The Labute approximate surface area is 185 Å². The molecule has 0 N–H and O–H groups in total. The van der Waals surface area contributed by atoms with E-state index in [2.05, 4.69) is 41.8 Å². The predicted molar refractivity (Wildman–Crippen MR) is 121 cm³/mol. The van der Waals surface area contributed by atoms with E-state index >= 15 is 0 Å². The SMILES string of the molecule is COCCOc1nccc2cc(Br)ccc12.Clc1nccc2cc(Br)ccc12. The van der Waals surface area contributed by atoms with Crippen molar-refractivity contribution in [2.75, 3.05) is 20.3 Å². The topological polar surface area (TPSA) is 44.2 Å². The van der Waals surface area contributed by atoms with Crippen molar-refractivity contribution < 1.29 is 9.47 Å². The summed E-state index contributed by atoms with van der Waals surface area (Å²) in [5.74, 6) is 0.655. The normalized spacial score (nSPS) is 10.6. The summed E-state index contributed by atoms with van der Waals surface area (Å²) in [6.07, 6.45) is 3.45. The maximum Gasteiger partial charge on any atom is 0.221 e. The minimum atomic E-state index is 0.513. The summed E-state index contributed by atoms with van der Waals surface area (Å²) in [6.45, 7) is 1.08. The molecular formula is C21H17Br2ClN2O2. The van der Waals surface area contributed by atoms with Gasteiger partial charge >= 0.3 is 0 Å². The van der Waals surface area contributed by atoms with Crippen LogP contribution in [-0.2, 0) is 4.74 Å². The summed E-state index contributed by atoms with van der Waals surface area (Å²) in [5, 5.41) is 4.77. The van der Waals surface area contributed by atoms with Gasteiger partial charge in [-0.25, -0.2) is 9.97 Å². The highest BCUT2D eigenvalue weighted by atomic mass is 79.9. The molecule has 4 aromatic rings. The van der Waals surface area contributed by atoms with E-state index in [9.17, 15) is 0 Å². The second kappa shape index (κ2) is 10.2. The van der Waals surface area contributed by atoms with Crippen LogP contribution in [0.4, 0.5) is 0 Å². The number of fused-ring (bicyclic) bond motifs is 2. The highest BCUT2D eigenvalue weighted by Gasteiger charge is 2.03. The summed E-state index contributed by atoms with van der Waals surface area (Å²) in [5.41, 5.74) is 0. The van der Waals surface area contributed by atoms with Crippen LogP contribution in [0.1, 0.15) is 0 Å². The van der Waals surface area contributed by atoms with Crippen LogP contribution in [-0.4, -0.2) is 30.3 Å². The first-order valence-electron chi connectivity index (χ1n) is 8.44. The molecule has 0 aliphatic rings. The minimum absolute atomic E-state index is 0.513. The Kier molecular flexibility index (Phi) is 7.62. The van der Waals surface area contributed by atoms with Gasteiger partial charge in [0.1, 0.15) is 11.8 Å². The molecule has 7 heteroatoms. The van der Waals surface area contributed by atoms with Gasteiger partial charge < -0.3 is 9.47 Å². The van der Waals surface area contributed by atoms with Crippen LogP contribution in [0, 0.1) is 0 Å². The quantitative estimate of drug-likeness (QED) is 0.221. The molecule has 2 aromatic heterocycles. The highest BCUT2D eigenvalue weighted by molar-refractivity contribution is 9.10. The van der Waals surface area contributed by atoms with E-state index in [1.54, 1.807) is 19.5 Å². The maximum absolute atomic E-state index is 5.88. The lowest BCUT2D eigenvalue weighted by molar-refractivity contribution is 0.144. The van der Waals surface area contributed by atoms with Gasteiger partial charge in [0, 0.05) is 39.2 Å². The van der Waals surface area contributed by atoms with Gasteiger partial charge in [0.05, 0.1) is 6.61 Å². The van der Waals surface area contributed by atoms with E-state index < -0.39 is 0 Å². The van der Waals surface area contributed by atoms with Gasteiger partial charge in [-0.3, -0.25) is 0 Å². The molecule has 0 aliphatic heterocycles. The summed E-state index contributed by atoms with van der Waals surface area (Å²) in [6, 6.07) is 15.8. The molecule has 2 heterocycles. The number of halogens is 3. The molecule has 0 spiro atoms. The number of benzene rings is 2. The third kappa shape index (κ3) is 5.41. The van der Waals surface area contributed by atoms with Gasteiger partial charge in [0.15, 0.2) is 0 Å². The molecule has 0 fully saturated rings. The third-order valence-corrected chi connectivity index (χ3v) is 5.18. The molecule has 2 aromatic carbocycles. The zero-order valence-corrected chi connectivity index (χ0v) is 19.0. The average molecular weight is 525 g/mol. The van der Waals surface area contributed by atoms with Gasteiger partial charge in [0.25, 0.3) is 0 Å². The molecule has 28 heavy (non-hydrogen) atoms. The second-order valence-electron chi connectivity index (χ2n) is 5.79. The Balaban J connectivity index is 0.000000167. The second-order valence-corrected chi connectivity index (χ2v) is 7.98. The summed E-state index contributed by atoms with van der Waals surface area (Å²) >= 11 is 12.7. The fourth-order valence-corrected chi connectivity index (χ4v) is 3.56. The molecule has 0 amide bonds. The molecule has 4 rings (SSSR count). The summed E-state index contributed by atoms with van der Waals surface area (Å²) in [4.78, 5) is 8.20. The van der Waals surface area contributed by atoms with E-state index in [4.69, 9.17) is 21.1 Å². The monoisotopic (exact) mass is 522 g/mol. The molecular weight excluding hydrogens is 508 g/mol. The van der Waals surface area contributed by atoms with Crippen molar-refractivity contribution in [1.82, 2.24) is 9.97 Å². The summed E-state index contributed by atoms with van der Waals surface area (Å²) in [7, 11) is 1.65. The van der Waals surface area contributed by atoms with E-state index in [1.807, 2.05) is 48.5 Å². The number of rotatable bonds is 4. The highest BCUT2D eigenvalue weighted by Crippen LogP contribution is 2.26. The average Bonchev–Trinajstić information content (AvgIpc) is 2.68. The van der Waals surface area contributed by atoms with E-state index in [0.717, 1.165) is 30.5 Å². The molecule has 0 unspecified atom stereocenters. The number of aromatic nitrogens is 2. The van der Waals surface area contributed by atoms with Crippen LogP contribution in [0.15, 0.2) is 69.9 Å². The van der Waals surface area contributed by atoms with Crippen LogP contribution in [0.3, 0.4) is 0 Å². The molecule has 0 bridgehead atoms. The molecule has 0 aliphatic carbocycles. The lowest BCUT2D eigenvalue weighted by Crippen LogP contribution is -2.05. The number of nitrogens with zero attached hydrogens (tertiary/aromatic N) is 2. The Bertz CT molecular complexity index is 1090. The molecule has 4 nitrogen and oxygen atoms in total. The molecule has 0 atom stereocenters. The van der Waals surface area contributed by atoms with Gasteiger partial charge in [-0.15, -0.1) is 0 Å². The number of pyridine rings is 2. The van der Waals surface area contributed by atoms with Crippen molar-refractivity contribution in [2.24, 2.45) is 0 Å². The number of ether oxygens (including phenoxy) is 2. The van der Waals surface area contributed by atoms with E-state index in [0.29, 0.717) is 24.2 Å².